The Bertz CT molecular complexity index is 364. The van der Waals surface area contributed by atoms with Crippen molar-refractivity contribution in [2.45, 2.75) is 70.8 Å². The van der Waals surface area contributed by atoms with Crippen molar-refractivity contribution in [1.82, 2.24) is 9.97 Å². The van der Waals surface area contributed by atoms with Crippen molar-refractivity contribution in [2.24, 2.45) is 11.7 Å². The molecular weight excluding hydrogens is 234 g/mol. The average molecular weight is 261 g/mol. The van der Waals surface area contributed by atoms with Gasteiger partial charge in [0.1, 0.15) is 5.82 Å². The summed E-state index contributed by atoms with van der Waals surface area (Å²) < 4.78 is 0. The molecule has 0 aliphatic heterocycles. The van der Waals surface area contributed by atoms with Crippen molar-refractivity contribution in [1.29, 1.82) is 0 Å². The number of nitrogens with zero attached hydrogens (tertiary/aromatic N) is 2. The van der Waals surface area contributed by atoms with Crippen molar-refractivity contribution in [3.63, 3.8) is 0 Å². The van der Waals surface area contributed by atoms with Crippen LogP contribution in [0.25, 0.3) is 0 Å². The predicted molar refractivity (Wildman–Crippen MR) is 79.0 cm³/mol. The Morgan fingerprint density at radius 2 is 1.84 bits per heavy atom. The summed E-state index contributed by atoms with van der Waals surface area (Å²) in [5.74, 6) is 2.57. The summed E-state index contributed by atoms with van der Waals surface area (Å²) in [6.07, 6.45) is 12.7. The average Bonchev–Trinajstić information content (AvgIpc) is 2.40. The number of hydrogen-bond acceptors (Lipinski definition) is 3. The molecule has 1 unspecified atom stereocenters. The third kappa shape index (κ3) is 4.27. The highest BCUT2D eigenvalue weighted by atomic mass is 14.9. The first-order chi connectivity index (χ1) is 9.19. The molecule has 1 aliphatic rings. The third-order valence-electron chi connectivity index (χ3n) is 4.19. The zero-order valence-electron chi connectivity index (χ0n) is 12.3. The highest BCUT2D eigenvalue weighted by molar-refractivity contribution is 5.09. The Morgan fingerprint density at radius 1 is 1.21 bits per heavy atom. The molecule has 0 spiro atoms. The lowest BCUT2D eigenvalue weighted by Gasteiger charge is -2.27. The normalized spacial score (nSPS) is 25.2. The van der Waals surface area contributed by atoms with Gasteiger partial charge in [-0.25, -0.2) is 9.97 Å². The maximum Gasteiger partial charge on any atom is 0.131 e. The SMILES string of the molecule is CCCC1CCC(c2ncc(CC(C)N)cn2)CC1. The smallest absolute Gasteiger partial charge is 0.131 e. The van der Waals surface area contributed by atoms with Gasteiger partial charge in [-0.2, -0.15) is 0 Å². The topological polar surface area (TPSA) is 51.8 Å². The number of hydrogen-bond donors (Lipinski definition) is 1. The van der Waals surface area contributed by atoms with Gasteiger partial charge in [-0.05, 0) is 50.5 Å². The highest BCUT2D eigenvalue weighted by Crippen LogP contribution is 2.35. The Balaban J connectivity index is 1.89. The van der Waals surface area contributed by atoms with Gasteiger partial charge in [0, 0.05) is 24.4 Å². The maximum absolute atomic E-state index is 5.79. The standard InChI is InChI=1S/C16H27N3/c1-3-4-13-5-7-15(8-6-13)16-18-10-14(11-19-16)9-12(2)17/h10-13,15H,3-9,17H2,1-2H3. The van der Waals surface area contributed by atoms with Crippen LogP contribution in [0.4, 0.5) is 0 Å². The fourth-order valence-corrected chi connectivity index (χ4v) is 3.17. The molecule has 2 rings (SSSR count). The summed E-state index contributed by atoms with van der Waals surface area (Å²) in [6, 6.07) is 0.180. The lowest BCUT2D eigenvalue weighted by atomic mass is 9.80. The van der Waals surface area contributed by atoms with Crippen molar-refractivity contribution in [3.05, 3.63) is 23.8 Å². The molecule has 19 heavy (non-hydrogen) atoms. The van der Waals surface area contributed by atoms with E-state index in [0.29, 0.717) is 5.92 Å². The first-order valence-corrected chi connectivity index (χ1v) is 7.75. The summed E-state index contributed by atoms with van der Waals surface area (Å²) in [5, 5.41) is 0. The first-order valence-electron chi connectivity index (χ1n) is 7.75. The second-order valence-corrected chi connectivity index (χ2v) is 6.14. The predicted octanol–water partition coefficient (Wildman–Crippen LogP) is 3.44. The molecule has 1 aromatic rings. The Kier molecular flexibility index (Phi) is 5.32. The zero-order valence-corrected chi connectivity index (χ0v) is 12.3. The van der Waals surface area contributed by atoms with Gasteiger partial charge in [-0.15, -0.1) is 0 Å². The van der Waals surface area contributed by atoms with Crippen molar-refractivity contribution in [2.75, 3.05) is 0 Å². The fraction of sp³-hybridized carbons (Fsp3) is 0.750. The van der Waals surface area contributed by atoms with Gasteiger partial charge in [0.15, 0.2) is 0 Å². The van der Waals surface area contributed by atoms with Gasteiger partial charge < -0.3 is 5.73 Å². The summed E-state index contributed by atoms with van der Waals surface area (Å²) in [6.45, 7) is 4.30. The highest BCUT2D eigenvalue weighted by Gasteiger charge is 2.23. The van der Waals surface area contributed by atoms with E-state index in [-0.39, 0.29) is 6.04 Å². The van der Waals surface area contributed by atoms with Crippen LogP contribution in [0.3, 0.4) is 0 Å². The maximum atomic E-state index is 5.79. The minimum absolute atomic E-state index is 0.180. The number of nitrogens with two attached hydrogens (primary N) is 1. The van der Waals surface area contributed by atoms with Crippen LogP contribution in [0, 0.1) is 5.92 Å². The molecule has 1 fully saturated rings. The van der Waals surface area contributed by atoms with E-state index in [1.807, 2.05) is 19.3 Å². The van der Waals surface area contributed by atoms with Crippen LogP contribution in [0.2, 0.25) is 0 Å². The number of aromatic nitrogens is 2. The van der Waals surface area contributed by atoms with Crippen molar-refractivity contribution < 1.29 is 0 Å². The summed E-state index contributed by atoms with van der Waals surface area (Å²) in [5.41, 5.74) is 6.94. The molecule has 0 radical (unpaired) electrons. The second kappa shape index (κ2) is 6.99. The third-order valence-corrected chi connectivity index (χ3v) is 4.19. The quantitative estimate of drug-likeness (QED) is 0.883. The monoisotopic (exact) mass is 261 g/mol. The molecule has 0 amide bonds. The molecule has 1 atom stereocenters. The molecular formula is C16H27N3. The molecule has 3 nitrogen and oxygen atoms in total. The second-order valence-electron chi connectivity index (χ2n) is 6.14. The molecule has 106 valence electrons. The largest absolute Gasteiger partial charge is 0.328 e. The van der Waals surface area contributed by atoms with E-state index < -0.39 is 0 Å². The first kappa shape index (κ1) is 14.4. The zero-order chi connectivity index (χ0) is 13.7. The molecule has 1 heterocycles. The lowest BCUT2D eigenvalue weighted by Crippen LogP contribution is -2.19. The van der Waals surface area contributed by atoms with E-state index in [4.69, 9.17) is 5.73 Å². The van der Waals surface area contributed by atoms with Crippen molar-refractivity contribution >= 4 is 0 Å². The Labute approximate surface area is 117 Å². The van der Waals surface area contributed by atoms with Gasteiger partial charge in [-0.1, -0.05) is 19.8 Å². The van der Waals surface area contributed by atoms with Crippen LogP contribution >= 0.6 is 0 Å². The number of rotatable bonds is 5. The summed E-state index contributed by atoms with van der Waals surface area (Å²) in [7, 11) is 0. The van der Waals surface area contributed by atoms with Gasteiger partial charge in [0.25, 0.3) is 0 Å². The summed E-state index contributed by atoms with van der Waals surface area (Å²) in [4.78, 5) is 9.12. The van der Waals surface area contributed by atoms with E-state index in [0.717, 1.165) is 23.7 Å². The minimum atomic E-state index is 0.180. The minimum Gasteiger partial charge on any atom is -0.328 e. The molecule has 0 bridgehead atoms. The fourth-order valence-electron chi connectivity index (χ4n) is 3.17. The van der Waals surface area contributed by atoms with Crippen LogP contribution in [-0.2, 0) is 6.42 Å². The van der Waals surface area contributed by atoms with E-state index in [1.54, 1.807) is 0 Å². The van der Waals surface area contributed by atoms with Crippen LogP contribution in [-0.4, -0.2) is 16.0 Å². The van der Waals surface area contributed by atoms with Crippen LogP contribution in [0.1, 0.15) is 69.7 Å². The van der Waals surface area contributed by atoms with Crippen molar-refractivity contribution in [3.8, 4) is 0 Å². The Hall–Kier alpha value is -0.960. The lowest BCUT2D eigenvalue weighted by molar-refractivity contribution is 0.302. The van der Waals surface area contributed by atoms with E-state index in [9.17, 15) is 0 Å². The van der Waals surface area contributed by atoms with Gasteiger partial charge in [-0.3, -0.25) is 0 Å². The van der Waals surface area contributed by atoms with Gasteiger partial charge >= 0.3 is 0 Å². The van der Waals surface area contributed by atoms with Crippen LogP contribution in [0.5, 0.6) is 0 Å². The van der Waals surface area contributed by atoms with Crippen LogP contribution < -0.4 is 5.73 Å². The van der Waals surface area contributed by atoms with Gasteiger partial charge in [0.05, 0.1) is 0 Å². The molecule has 1 saturated carbocycles. The molecule has 1 aliphatic carbocycles. The van der Waals surface area contributed by atoms with Gasteiger partial charge in [0.2, 0.25) is 0 Å². The molecule has 1 aromatic heterocycles. The molecule has 0 saturated heterocycles. The Morgan fingerprint density at radius 3 is 2.37 bits per heavy atom. The molecule has 2 N–H and O–H groups in total. The van der Waals surface area contributed by atoms with Crippen LogP contribution in [0.15, 0.2) is 12.4 Å². The van der Waals surface area contributed by atoms with E-state index in [1.165, 1.54) is 38.5 Å². The molecule has 0 aromatic carbocycles. The summed E-state index contributed by atoms with van der Waals surface area (Å²) >= 11 is 0. The van der Waals surface area contributed by atoms with E-state index in [2.05, 4.69) is 16.9 Å². The van der Waals surface area contributed by atoms with E-state index >= 15 is 0 Å². The molecule has 3 heteroatoms.